The summed E-state index contributed by atoms with van der Waals surface area (Å²) in [6.07, 6.45) is 0. The Bertz CT molecular complexity index is 820. The first-order chi connectivity index (χ1) is 10.7. The molecule has 0 spiro atoms. The van der Waals surface area contributed by atoms with Gasteiger partial charge in [0.25, 0.3) is 0 Å². The van der Waals surface area contributed by atoms with Gasteiger partial charge in [0.1, 0.15) is 17.2 Å². The van der Waals surface area contributed by atoms with Crippen LogP contribution in [0.2, 0.25) is 0 Å². The first-order valence-corrected chi connectivity index (χ1v) is 7.77. The second-order valence-electron chi connectivity index (χ2n) is 5.08. The van der Waals surface area contributed by atoms with E-state index in [1.807, 2.05) is 36.4 Å². The molecule has 1 heterocycles. The summed E-state index contributed by atoms with van der Waals surface area (Å²) in [6, 6.07) is 15.9. The van der Waals surface area contributed by atoms with Gasteiger partial charge in [0.05, 0.1) is 7.11 Å². The van der Waals surface area contributed by atoms with Crippen LogP contribution in [-0.4, -0.2) is 13.1 Å². The van der Waals surface area contributed by atoms with Crippen LogP contribution < -0.4 is 4.74 Å². The molecule has 0 amide bonds. The number of hydrogen-bond donors (Lipinski definition) is 0. The Kier molecular flexibility index (Phi) is 4.11. The molecule has 1 aromatic heterocycles. The Labute approximate surface area is 133 Å². The van der Waals surface area contributed by atoms with Crippen LogP contribution in [0.1, 0.15) is 20.8 Å². The van der Waals surface area contributed by atoms with Crippen LogP contribution in [0.25, 0.3) is 10.1 Å². The first-order valence-electron chi connectivity index (χ1n) is 6.96. The maximum atomic E-state index is 11.6. The monoisotopic (exact) mass is 312 g/mol. The Morgan fingerprint density at radius 2 is 2.00 bits per heavy atom. The Morgan fingerprint density at radius 3 is 2.77 bits per heavy atom. The molecular weight excluding hydrogens is 296 g/mol. The van der Waals surface area contributed by atoms with Crippen molar-refractivity contribution >= 4 is 27.4 Å². The van der Waals surface area contributed by atoms with E-state index < -0.39 is 0 Å². The average molecular weight is 312 g/mol. The molecule has 0 radical (unpaired) electrons. The number of rotatable bonds is 4. The standard InChI is InChI=1S/C18H16O3S/c1-12-4-3-5-13(8-12)11-21-15-7-6-14-9-17(18(19)20-2)22-16(14)10-15/h3-10H,11H2,1-2H3. The summed E-state index contributed by atoms with van der Waals surface area (Å²) >= 11 is 1.41. The minimum Gasteiger partial charge on any atom is -0.489 e. The van der Waals surface area contributed by atoms with Gasteiger partial charge in [0.2, 0.25) is 0 Å². The maximum absolute atomic E-state index is 11.6. The zero-order valence-electron chi connectivity index (χ0n) is 12.5. The molecule has 4 heteroatoms. The molecule has 3 aromatic rings. The van der Waals surface area contributed by atoms with Gasteiger partial charge in [0.15, 0.2) is 0 Å². The van der Waals surface area contributed by atoms with Gasteiger partial charge < -0.3 is 9.47 Å². The SMILES string of the molecule is COC(=O)c1cc2ccc(OCc3cccc(C)c3)cc2s1. The molecule has 0 aliphatic rings. The van der Waals surface area contributed by atoms with E-state index in [0.29, 0.717) is 11.5 Å². The third kappa shape index (κ3) is 3.12. The number of ether oxygens (including phenoxy) is 2. The van der Waals surface area contributed by atoms with Crippen molar-refractivity contribution in [1.29, 1.82) is 0 Å². The number of fused-ring (bicyclic) bond motifs is 1. The average Bonchev–Trinajstić information content (AvgIpc) is 2.95. The van der Waals surface area contributed by atoms with Crippen molar-refractivity contribution in [2.45, 2.75) is 13.5 Å². The molecule has 0 saturated heterocycles. The lowest BCUT2D eigenvalue weighted by Crippen LogP contribution is -1.96. The zero-order chi connectivity index (χ0) is 15.5. The predicted molar refractivity (Wildman–Crippen MR) is 88.7 cm³/mol. The van der Waals surface area contributed by atoms with Crippen LogP contribution >= 0.6 is 11.3 Å². The molecule has 0 aliphatic carbocycles. The highest BCUT2D eigenvalue weighted by atomic mass is 32.1. The lowest BCUT2D eigenvalue weighted by Gasteiger charge is -2.07. The maximum Gasteiger partial charge on any atom is 0.348 e. The number of methoxy groups -OCH3 is 1. The number of carbonyl (C=O) groups excluding carboxylic acids is 1. The fourth-order valence-corrected chi connectivity index (χ4v) is 3.28. The Hall–Kier alpha value is -2.33. The van der Waals surface area contributed by atoms with E-state index in [0.717, 1.165) is 21.4 Å². The molecule has 0 bridgehead atoms. The lowest BCUT2D eigenvalue weighted by atomic mass is 10.1. The molecule has 0 aliphatic heterocycles. The molecule has 0 atom stereocenters. The van der Waals surface area contributed by atoms with E-state index in [1.54, 1.807) is 0 Å². The van der Waals surface area contributed by atoms with Crippen LogP contribution in [0.3, 0.4) is 0 Å². The van der Waals surface area contributed by atoms with Gasteiger partial charge >= 0.3 is 5.97 Å². The van der Waals surface area contributed by atoms with Gasteiger partial charge in [-0.1, -0.05) is 29.8 Å². The molecule has 3 nitrogen and oxygen atoms in total. The van der Waals surface area contributed by atoms with Crippen molar-refractivity contribution in [3.8, 4) is 5.75 Å². The van der Waals surface area contributed by atoms with Gasteiger partial charge in [-0.05, 0) is 42.1 Å². The molecule has 0 N–H and O–H groups in total. The normalized spacial score (nSPS) is 10.6. The van der Waals surface area contributed by atoms with Crippen LogP contribution in [0, 0.1) is 6.92 Å². The van der Waals surface area contributed by atoms with E-state index in [1.165, 1.54) is 24.0 Å². The molecule has 0 fully saturated rings. The number of hydrogen-bond acceptors (Lipinski definition) is 4. The van der Waals surface area contributed by atoms with Crippen LogP contribution in [-0.2, 0) is 11.3 Å². The van der Waals surface area contributed by atoms with E-state index in [-0.39, 0.29) is 5.97 Å². The third-order valence-corrected chi connectivity index (χ3v) is 4.44. The zero-order valence-corrected chi connectivity index (χ0v) is 13.3. The molecule has 112 valence electrons. The Morgan fingerprint density at radius 1 is 1.14 bits per heavy atom. The van der Waals surface area contributed by atoms with E-state index >= 15 is 0 Å². The topological polar surface area (TPSA) is 35.5 Å². The predicted octanol–water partition coefficient (Wildman–Crippen LogP) is 4.58. The number of carbonyl (C=O) groups is 1. The van der Waals surface area contributed by atoms with Crippen molar-refractivity contribution in [3.63, 3.8) is 0 Å². The third-order valence-electron chi connectivity index (χ3n) is 3.37. The minimum atomic E-state index is -0.302. The molecule has 0 unspecified atom stereocenters. The highest BCUT2D eigenvalue weighted by molar-refractivity contribution is 7.20. The quantitative estimate of drug-likeness (QED) is 0.662. The number of esters is 1. The fourth-order valence-electron chi connectivity index (χ4n) is 2.27. The summed E-state index contributed by atoms with van der Waals surface area (Å²) in [5.41, 5.74) is 2.36. The van der Waals surface area contributed by atoms with Crippen LogP contribution in [0.4, 0.5) is 0 Å². The highest BCUT2D eigenvalue weighted by Crippen LogP contribution is 2.30. The second-order valence-corrected chi connectivity index (χ2v) is 6.16. The van der Waals surface area contributed by atoms with E-state index in [9.17, 15) is 4.79 Å². The summed E-state index contributed by atoms with van der Waals surface area (Å²) in [6.45, 7) is 2.60. The van der Waals surface area contributed by atoms with Crippen LogP contribution in [0.15, 0.2) is 48.5 Å². The summed E-state index contributed by atoms with van der Waals surface area (Å²) in [4.78, 5) is 12.2. The summed E-state index contributed by atoms with van der Waals surface area (Å²) in [5, 5.41) is 1.02. The summed E-state index contributed by atoms with van der Waals surface area (Å²) in [7, 11) is 1.39. The largest absolute Gasteiger partial charge is 0.489 e. The van der Waals surface area contributed by atoms with Gasteiger partial charge in [0, 0.05) is 4.70 Å². The molecular formula is C18H16O3S. The first kappa shape index (κ1) is 14.6. The van der Waals surface area contributed by atoms with E-state index in [4.69, 9.17) is 9.47 Å². The smallest absolute Gasteiger partial charge is 0.348 e. The number of benzene rings is 2. The van der Waals surface area contributed by atoms with E-state index in [2.05, 4.69) is 19.1 Å². The van der Waals surface area contributed by atoms with Crippen LogP contribution in [0.5, 0.6) is 5.75 Å². The molecule has 22 heavy (non-hydrogen) atoms. The van der Waals surface area contributed by atoms with Crippen molar-refractivity contribution in [2.24, 2.45) is 0 Å². The lowest BCUT2D eigenvalue weighted by molar-refractivity contribution is 0.0606. The number of thiophene rings is 1. The minimum absolute atomic E-state index is 0.302. The molecule has 3 rings (SSSR count). The second kappa shape index (κ2) is 6.20. The molecule has 0 saturated carbocycles. The highest BCUT2D eigenvalue weighted by Gasteiger charge is 2.10. The van der Waals surface area contributed by atoms with Gasteiger partial charge in [-0.3, -0.25) is 0 Å². The van der Waals surface area contributed by atoms with Crippen molar-refractivity contribution in [3.05, 3.63) is 64.5 Å². The van der Waals surface area contributed by atoms with Gasteiger partial charge in [-0.2, -0.15) is 0 Å². The Balaban J connectivity index is 1.78. The summed E-state index contributed by atoms with van der Waals surface area (Å²) < 4.78 is 11.6. The summed E-state index contributed by atoms with van der Waals surface area (Å²) in [5.74, 6) is 0.496. The van der Waals surface area contributed by atoms with Crippen molar-refractivity contribution in [1.82, 2.24) is 0 Å². The van der Waals surface area contributed by atoms with Gasteiger partial charge in [-0.15, -0.1) is 11.3 Å². The van der Waals surface area contributed by atoms with Crippen molar-refractivity contribution < 1.29 is 14.3 Å². The van der Waals surface area contributed by atoms with Crippen molar-refractivity contribution in [2.75, 3.05) is 7.11 Å². The van der Waals surface area contributed by atoms with Gasteiger partial charge in [-0.25, -0.2) is 4.79 Å². The fraction of sp³-hybridized carbons (Fsp3) is 0.167. The number of aryl methyl sites for hydroxylation is 1. The molecule has 2 aromatic carbocycles.